The molecule has 0 spiro atoms. The van der Waals surface area contributed by atoms with E-state index in [1.54, 1.807) is 0 Å². The molecule has 0 unspecified atom stereocenters. The normalized spacial score (nSPS) is 23.5. The molecule has 0 radical (unpaired) electrons. The topological polar surface area (TPSA) is 104 Å². The van der Waals surface area contributed by atoms with Gasteiger partial charge in [-0.25, -0.2) is 4.79 Å². The molecule has 1 amide bonds. The number of nitrogens with one attached hydrogen (secondary N) is 1. The summed E-state index contributed by atoms with van der Waals surface area (Å²) >= 11 is 0. The van der Waals surface area contributed by atoms with E-state index in [0.717, 1.165) is 36.4 Å². The second-order valence-corrected chi connectivity index (χ2v) is 10.7. The fraction of sp³-hybridized carbons (Fsp3) is 0.640. The van der Waals surface area contributed by atoms with Gasteiger partial charge in [0.2, 0.25) is 5.89 Å². The van der Waals surface area contributed by atoms with Crippen molar-refractivity contribution in [2.75, 3.05) is 25.0 Å². The first-order valence-electron chi connectivity index (χ1n) is 12.1. The van der Waals surface area contributed by atoms with Crippen molar-refractivity contribution in [2.24, 2.45) is 0 Å². The zero-order valence-corrected chi connectivity index (χ0v) is 21.1. The second-order valence-electron chi connectivity index (χ2n) is 10.7. The summed E-state index contributed by atoms with van der Waals surface area (Å²) in [5, 5.41) is 21.1. The van der Waals surface area contributed by atoms with Gasteiger partial charge in [-0.3, -0.25) is 4.90 Å². The van der Waals surface area contributed by atoms with Gasteiger partial charge < -0.3 is 24.5 Å². The van der Waals surface area contributed by atoms with Crippen molar-refractivity contribution in [1.29, 1.82) is 0 Å². The first-order chi connectivity index (χ1) is 16.0. The van der Waals surface area contributed by atoms with Gasteiger partial charge in [-0.2, -0.15) is 0 Å². The summed E-state index contributed by atoms with van der Waals surface area (Å²) in [4.78, 5) is 16.7. The molecule has 186 valence electrons. The van der Waals surface area contributed by atoms with Gasteiger partial charge in [0.05, 0.1) is 6.10 Å². The van der Waals surface area contributed by atoms with Crippen LogP contribution >= 0.6 is 0 Å². The van der Waals surface area contributed by atoms with Crippen LogP contribution in [0.4, 0.5) is 16.5 Å². The summed E-state index contributed by atoms with van der Waals surface area (Å²) in [6.07, 6.45) is 0.848. The number of carbonyl (C=O) groups excluding carboxylic acids is 1. The Morgan fingerprint density at radius 2 is 1.97 bits per heavy atom. The van der Waals surface area contributed by atoms with Crippen molar-refractivity contribution in [3.63, 3.8) is 0 Å². The van der Waals surface area contributed by atoms with Crippen molar-refractivity contribution in [2.45, 2.75) is 84.6 Å². The lowest BCUT2D eigenvalue weighted by atomic mass is 9.82. The average molecular weight is 472 g/mol. The van der Waals surface area contributed by atoms with Gasteiger partial charge in [-0.15, -0.1) is 5.10 Å². The molecule has 1 aromatic carbocycles. The Hall–Kier alpha value is -2.65. The van der Waals surface area contributed by atoms with Crippen molar-refractivity contribution >= 4 is 17.8 Å². The van der Waals surface area contributed by atoms with Gasteiger partial charge >= 0.3 is 12.1 Å². The molecule has 1 aliphatic heterocycles. The minimum absolute atomic E-state index is 0.0770. The van der Waals surface area contributed by atoms with E-state index in [9.17, 15) is 9.90 Å². The van der Waals surface area contributed by atoms with E-state index in [2.05, 4.69) is 53.3 Å². The lowest BCUT2D eigenvalue weighted by Crippen LogP contribution is -2.54. The standard InChI is InChI=1S/C25H37N5O4/c1-15-9-19(14-29-7-8-30(16(2)13-29)24(32)34-25(4,5)6)17(3)21(10-15)26-23-28-27-22(33-23)18-11-20(31)12-18/h9-10,16,18,20,31H,7-8,11-14H2,1-6H3,(H,26,28)/t16-,18?,20?/m0/s1. The fourth-order valence-corrected chi connectivity index (χ4v) is 4.59. The molecule has 1 saturated carbocycles. The number of benzene rings is 1. The zero-order valence-electron chi connectivity index (χ0n) is 21.1. The number of aliphatic hydroxyl groups excluding tert-OH is 1. The number of piperazine rings is 1. The maximum absolute atomic E-state index is 12.5. The van der Waals surface area contributed by atoms with Crippen molar-refractivity contribution in [1.82, 2.24) is 20.0 Å². The number of nitrogens with zero attached hydrogens (tertiary/aromatic N) is 4. The number of aliphatic hydroxyl groups is 1. The highest BCUT2D eigenvalue weighted by molar-refractivity contribution is 5.68. The molecule has 1 aliphatic carbocycles. The molecule has 34 heavy (non-hydrogen) atoms. The molecule has 1 aromatic heterocycles. The van der Waals surface area contributed by atoms with Crippen LogP contribution < -0.4 is 5.32 Å². The van der Waals surface area contributed by atoms with Crippen LogP contribution in [-0.2, 0) is 11.3 Å². The Bertz CT molecular complexity index is 1020. The molecule has 2 fully saturated rings. The van der Waals surface area contributed by atoms with E-state index in [1.165, 1.54) is 5.56 Å². The predicted molar refractivity (Wildman–Crippen MR) is 129 cm³/mol. The number of ether oxygens (including phenoxy) is 1. The number of carbonyl (C=O) groups is 1. The molecule has 9 heteroatoms. The van der Waals surface area contributed by atoms with Crippen LogP contribution in [0.25, 0.3) is 0 Å². The molecule has 2 aliphatic rings. The van der Waals surface area contributed by atoms with E-state index in [4.69, 9.17) is 9.15 Å². The van der Waals surface area contributed by atoms with Gasteiger partial charge in [0, 0.05) is 43.8 Å². The molecule has 1 atom stereocenters. The Labute approximate surface area is 201 Å². The number of anilines is 2. The van der Waals surface area contributed by atoms with Crippen LogP contribution in [0.15, 0.2) is 16.5 Å². The molecule has 2 heterocycles. The largest absolute Gasteiger partial charge is 0.444 e. The molecule has 9 nitrogen and oxygen atoms in total. The highest BCUT2D eigenvalue weighted by atomic mass is 16.6. The molecule has 2 aromatic rings. The van der Waals surface area contributed by atoms with E-state index in [-0.39, 0.29) is 24.2 Å². The predicted octanol–water partition coefficient (Wildman–Crippen LogP) is 4.11. The maximum atomic E-state index is 12.5. The summed E-state index contributed by atoms with van der Waals surface area (Å²) in [5.41, 5.74) is 3.95. The van der Waals surface area contributed by atoms with Crippen molar-refractivity contribution in [3.8, 4) is 0 Å². The summed E-state index contributed by atoms with van der Waals surface area (Å²) < 4.78 is 11.4. The highest BCUT2D eigenvalue weighted by Gasteiger charge is 2.33. The zero-order chi connectivity index (χ0) is 24.6. The number of hydrogen-bond donors (Lipinski definition) is 2. The van der Waals surface area contributed by atoms with Gasteiger partial charge in [0.15, 0.2) is 0 Å². The number of amides is 1. The molecular weight excluding hydrogens is 434 g/mol. The van der Waals surface area contributed by atoms with E-state index >= 15 is 0 Å². The number of rotatable bonds is 5. The first kappa shape index (κ1) is 24.5. The van der Waals surface area contributed by atoms with E-state index in [1.807, 2.05) is 25.7 Å². The average Bonchev–Trinajstić information content (AvgIpc) is 3.15. The lowest BCUT2D eigenvalue weighted by Gasteiger charge is -2.40. The van der Waals surface area contributed by atoms with Crippen LogP contribution in [0.1, 0.15) is 69.0 Å². The quantitative estimate of drug-likeness (QED) is 0.671. The molecule has 0 bridgehead atoms. The molecule has 4 rings (SSSR count). The first-order valence-corrected chi connectivity index (χ1v) is 12.1. The Kier molecular flexibility index (Phi) is 6.87. The second kappa shape index (κ2) is 9.54. The van der Waals surface area contributed by atoms with Gasteiger partial charge in [0.1, 0.15) is 5.60 Å². The number of aromatic nitrogens is 2. The van der Waals surface area contributed by atoms with Gasteiger partial charge in [-0.1, -0.05) is 11.2 Å². The third-order valence-corrected chi connectivity index (χ3v) is 6.54. The monoisotopic (exact) mass is 471 g/mol. The minimum Gasteiger partial charge on any atom is -0.444 e. The van der Waals surface area contributed by atoms with Crippen molar-refractivity contribution < 1.29 is 19.1 Å². The van der Waals surface area contributed by atoms with Crippen LogP contribution in [0.5, 0.6) is 0 Å². The minimum atomic E-state index is -0.492. The van der Waals surface area contributed by atoms with Crippen LogP contribution in [0.3, 0.4) is 0 Å². The SMILES string of the molecule is Cc1cc(CN2CCN(C(=O)OC(C)(C)C)[C@@H](C)C2)c(C)c(Nc2nnc(C3CC(O)C3)o2)c1. The Morgan fingerprint density at radius 3 is 2.62 bits per heavy atom. The summed E-state index contributed by atoms with van der Waals surface area (Å²) in [5.74, 6) is 0.726. The fourth-order valence-electron chi connectivity index (χ4n) is 4.59. The molecule has 1 saturated heterocycles. The van der Waals surface area contributed by atoms with E-state index < -0.39 is 5.60 Å². The van der Waals surface area contributed by atoms with Gasteiger partial charge in [-0.05, 0) is 77.1 Å². The smallest absolute Gasteiger partial charge is 0.410 e. The van der Waals surface area contributed by atoms with E-state index in [0.29, 0.717) is 31.3 Å². The molecule has 2 N–H and O–H groups in total. The maximum Gasteiger partial charge on any atom is 0.410 e. The Morgan fingerprint density at radius 1 is 1.24 bits per heavy atom. The summed E-state index contributed by atoms with van der Waals surface area (Å²) in [6, 6.07) is 4.74. The summed E-state index contributed by atoms with van der Waals surface area (Å²) in [6.45, 7) is 14.9. The van der Waals surface area contributed by atoms with Crippen LogP contribution in [-0.4, -0.2) is 68.6 Å². The highest BCUT2D eigenvalue weighted by Crippen LogP contribution is 2.37. The third kappa shape index (κ3) is 5.70. The van der Waals surface area contributed by atoms with Crippen molar-refractivity contribution in [3.05, 3.63) is 34.7 Å². The van der Waals surface area contributed by atoms with Gasteiger partial charge in [0.25, 0.3) is 0 Å². The van der Waals surface area contributed by atoms with Crippen LogP contribution in [0.2, 0.25) is 0 Å². The Balaban J connectivity index is 1.40. The number of hydrogen-bond acceptors (Lipinski definition) is 8. The molecular formula is C25H37N5O4. The number of aryl methyl sites for hydroxylation is 1. The third-order valence-electron chi connectivity index (χ3n) is 6.54. The lowest BCUT2D eigenvalue weighted by molar-refractivity contribution is 0.000536. The van der Waals surface area contributed by atoms with Crippen LogP contribution in [0, 0.1) is 13.8 Å². The summed E-state index contributed by atoms with van der Waals surface area (Å²) in [7, 11) is 0.